The molecule has 0 unspecified atom stereocenters. The molecular formula is C19H24N2O4S. The third-order valence-corrected chi connectivity index (χ3v) is 5.09. The molecule has 0 saturated heterocycles. The molecule has 0 atom stereocenters. The molecule has 0 spiro atoms. The van der Waals surface area contributed by atoms with Crippen LogP contribution in [0.2, 0.25) is 0 Å². The standard InChI is InChI=1S/C19H24N2O4S/c1-13(2)21-19(22)17-11-16(8-9-18(17)25-4)26(23,24)20-12-15-7-5-6-14(3)10-15/h5-11,13,20H,12H2,1-4H3,(H,21,22). The van der Waals surface area contributed by atoms with Gasteiger partial charge < -0.3 is 10.1 Å². The zero-order valence-electron chi connectivity index (χ0n) is 15.4. The fourth-order valence-electron chi connectivity index (χ4n) is 2.46. The second-order valence-corrected chi connectivity index (χ2v) is 8.07. The van der Waals surface area contributed by atoms with E-state index in [9.17, 15) is 13.2 Å². The highest BCUT2D eigenvalue weighted by Gasteiger charge is 2.20. The van der Waals surface area contributed by atoms with Crippen molar-refractivity contribution in [2.45, 2.75) is 38.3 Å². The van der Waals surface area contributed by atoms with Gasteiger partial charge in [0, 0.05) is 12.6 Å². The summed E-state index contributed by atoms with van der Waals surface area (Å²) in [6, 6.07) is 11.7. The molecule has 0 bridgehead atoms. The lowest BCUT2D eigenvalue weighted by Crippen LogP contribution is -2.31. The summed E-state index contributed by atoms with van der Waals surface area (Å²) in [7, 11) is -2.33. The van der Waals surface area contributed by atoms with Crippen LogP contribution < -0.4 is 14.8 Å². The van der Waals surface area contributed by atoms with Gasteiger partial charge in [0.25, 0.3) is 5.91 Å². The number of aryl methyl sites for hydroxylation is 1. The Morgan fingerprint density at radius 1 is 1.15 bits per heavy atom. The van der Waals surface area contributed by atoms with Gasteiger partial charge in [-0.3, -0.25) is 4.79 Å². The number of methoxy groups -OCH3 is 1. The van der Waals surface area contributed by atoms with Crippen LogP contribution in [0.4, 0.5) is 0 Å². The minimum Gasteiger partial charge on any atom is -0.496 e. The summed E-state index contributed by atoms with van der Waals surface area (Å²) >= 11 is 0. The molecule has 2 N–H and O–H groups in total. The van der Waals surface area contributed by atoms with E-state index in [1.54, 1.807) is 0 Å². The van der Waals surface area contributed by atoms with Gasteiger partial charge in [-0.15, -0.1) is 0 Å². The summed E-state index contributed by atoms with van der Waals surface area (Å²) in [4.78, 5) is 12.3. The van der Waals surface area contributed by atoms with E-state index in [-0.39, 0.29) is 29.0 Å². The Kier molecular flexibility index (Phi) is 6.39. The number of carbonyl (C=O) groups is 1. The van der Waals surface area contributed by atoms with E-state index in [0.717, 1.165) is 11.1 Å². The number of ether oxygens (including phenoxy) is 1. The predicted octanol–water partition coefficient (Wildman–Crippen LogP) is 2.62. The maximum atomic E-state index is 12.6. The molecule has 0 aliphatic carbocycles. The van der Waals surface area contributed by atoms with Gasteiger partial charge >= 0.3 is 0 Å². The first-order chi connectivity index (χ1) is 12.2. The average Bonchev–Trinajstić information content (AvgIpc) is 2.59. The molecule has 2 aromatic rings. The number of hydrogen-bond donors (Lipinski definition) is 2. The van der Waals surface area contributed by atoms with Gasteiger partial charge in [0.2, 0.25) is 10.0 Å². The van der Waals surface area contributed by atoms with Crippen molar-refractivity contribution in [3.63, 3.8) is 0 Å². The number of sulfonamides is 1. The number of benzene rings is 2. The third-order valence-electron chi connectivity index (χ3n) is 3.69. The molecule has 26 heavy (non-hydrogen) atoms. The van der Waals surface area contributed by atoms with Crippen molar-refractivity contribution in [3.8, 4) is 5.75 Å². The second-order valence-electron chi connectivity index (χ2n) is 6.30. The van der Waals surface area contributed by atoms with Crippen molar-refractivity contribution in [1.29, 1.82) is 0 Å². The van der Waals surface area contributed by atoms with Gasteiger partial charge in [0.1, 0.15) is 5.75 Å². The molecule has 7 heteroatoms. The Morgan fingerprint density at radius 2 is 1.88 bits per heavy atom. The molecule has 0 radical (unpaired) electrons. The van der Waals surface area contributed by atoms with Gasteiger partial charge in [0.05, 0.1) is 17.6 Å². The monoisotopic (exact) mass is 376 g/mol. The first-order valence-electron chi connectivity index (χ1n) is 8.27. The lowest BCUT2D eigenvalue weighted by atomic mass is 10.1. The van der Waals surface area contributed by atoms with E-state index in [4.69, 9.17) is 4.74 Å². The van der Waals surface area contributed by atoms with Crippen LogP contribution in [0.5, 0.6) is 5.75 Å². The van der Waals surface area contributed by atoms with Gasteiger partial charge in [-0.2, -0.15) is 0 Å². The average molecular weight is 376 g/mol. The van der Waals surface area contributed by atoms with Crippen LogP contribution >= 0.6 is 0 Å². The lowest BCUT2D eigenvalue weighted by molar-refractivity contribution is 0.0940. The Labute approximate surface area is 154 Å². The third kappa shape index (κ3) is 5.06. The molecule has 6 nitrogen and oxygen atoms in total. The summed E-state index contributed by atoms with van der Waals surface area (Å²) < 4.78 is 33.0. The molecule has 0 aliphatic rings. The molecule has 0 heterocycles. The van der Waals surface area contributed by atoms with Crippen molar-refractivity contribution in [2.24, 2.45) is 0 Å². The predicted molar refractivity (Wildman–Crippen MR) is 101 cm³/mol. The van der Waals surface area contributed by atoms with Crippen molar-refractivity contribution < 1.29 is 17.9 Å². The zero-order chi connectivity index (χ0) is 19.3. The van der Waals surface area contributed by atoms with Gasteiger partial charge in [-0.1, -0.05) is 29.8 Å². The van der Waals surface area contributed by atoms with Gasteiger partial charge in [0.15, 0.2) is 0 Å². The highest BCUT2D eigenvalue weighted by Crippen LogP contribution is 2.23. The first-order valence-corrected chi connectivity index (χ1v) is 9.75. The number of carbonyl (C=O) groups excluding carboxylic acids is 1. The molecule has 0 aliphatic heterocycles. The molecule has 0 saturated carbocycles. The van der Waals surface area contributed by atoms with Crippen LogP contribution in [-0.4, -0.2) is 27.5 Å². The molecule has 0 fully saturated rings. The number of amides is 1. The Balaban J connectivity index is 2.27. The van der Waals surface area contributed by atoms with E-state index in [2.05, 4.69) is 10.0 Å². The largest absolute Gasteiger partial charge is 0.496 e. The lowest BCUT2D eigenvalue weighted by Gasteiger charge is -2.14. The van der Waals surface area contributed by atoms with Crippen molar-refractivity contribution in [2.75, 3.05) is 7.11 Å². The molecular weight excluding hydrogens is 352 g/mol. The minimum atomic E-state index is -3.77. The summed E-state index contributed by atoms with van der Waals surface area (Å²) in [6.45, 7) is 5.77. The smallest absolute Gasteiger partial charge is 0.255 e. The summed E-state index contributed by atoms with van der Waals surface area (Å²) in [5, 5.41) is 2.74. The minimum absolute atomic E-state index is 0.0138. The Bertz CT molecular complexity index is 892. The Hall–Kier alpha value is -2.38. The van der Waals surface area contributed by atoms with Gasteiger partial charge in [-0.05, 0) is 44.5 Å². The van der Waals surface area contributed by atoms with Gasteiger partial charge in [-0.25, -0.2) is 13.1 Å². The van der Waals surface area contributed by atoms with E-state index in [1.807, 2.05) is 45.0 Å². The van der Waals surface area contributed by atoms with Crippen molar-refractivity contribution >= 4 is 15.9 Å². The molecule has 2 rings (SSSR count). The van der Waals surface area contributed by atoms with Crippen LogP contribution in [0.25, 0.3) is 0 Å². The number of hydrogen-bond acceptors (Lipinski definition) is 4. The SMILES string of the molecule is COc1ccc(S(=O)(=O)NCc2cccc(C)c2)cc1C(=O)NC(C)C. The fourth-order valence-corrected chi connectivity index (χ4v) is 3.50. The second kappa shape index (κ2) is 8.33. The number of nitrogens with one attached hydrogen (secondary N) is 2. The van der Waals surface area contributed by atoms with E-state index in [0.29, 0.717) is 5.75 Å². The van der Waals surface area contributed by atoms with Crippen molar-refractivity contribution in [3.05, 3.63) is 59.2 Å². The summed E-state index contributed by atoms with van der Waals surface area (Å²) in [6.07, 6.45) is 0. The molecule has 140 valence electrons. The quantitative estimate of drug-likeness (QED) is 0.778. The summed E-state index contributed by atoms with van der Waals surface area (Å²) in [5.41, 5.74) is 2.10. The summed E-state index contributed by atoms with van der Waals surface area (Å²) in [5.74, 6) is -0.0617. The van der Waals surface area contributed by atoms with Crippen LogP contribution in [0, 0.1) is 6.92 Å². The van der Waals surface area contributed by atoms with Crippen LogP contribution in [-0.2, 0) is 16.6 Å². The molecule has 0 aromatic heterocycles. The van der Waals surface area contributed by atoms with Crippen LogP contribution in [0.15, 0.2) is 47.4 Å². The fraction of sp³-hybridized carbons (Fsp3) is 0.316. The van der Waals surface area contributed by atoms with Crippen LogP contribution in [0.3, 0.4) is 0 Å². The van der Waals surface area contributed by atoms with E-state index >= 15 is 0 Å². The highest BCUT2D eigenvalue weighted by molar-refractivity contribution is 7.89. The highest BCUT2D eigenvalue weighted by atomic mass is 32.2. The Morgan fingerprint density at radius 3 is 2.50 bits per heavy atom. The maximum Gasteiger partial charge on any atom is 0.255 e. The maximum absolute atomic E-state index is 12.6. The van der Waals surface area contributed by atoms with E-state index in [1.165, 1.54) is 25.3 Å². The molecule has 1 amide bonds. The van der Waals surface area contributed by atoms with Crippen molar-refractivity contribution in [1.82, 2.24) is 10.0 Å². The van der Waals surface area contributed by atoms with E-state index < -0.39 is 10.0 Å². The normalized spacial score (nSPS) is 11.4. The zero-order valence-corrected chi connectivity index (χ0v) is 16.2. The van der Waals surface area contributed by atoms with Crippen LogP contribution in [0.1, 0.15) is 35.3 Å². The molecule has 2 aromatic carbocycles. The topological polar surface area (TPSA) is 84.5 Å². The first kappa shape index (κ1) is 19.9. The number of rotatable bonds is 7.